The lowest BCUT2D eigenvalue weighted by Gasteiger charge is -2.40. The first kappa shape index (κ1) is 30.4. The van der Waals surface area contributed by atoms with Gasteiger partial charge in [0.1, 0.15) is 30.6 Å². The SMILES string of the molecule is CNC1CN(C(=O)C(COCc2ccc3c(c2)OCCO3)NC(=O)c2cccnc2Oc2ccc(C(F)(F)F)cc2Cl)C1. The highest BCUT2D eigenvalue weighted by Crippen LogP contribution is 2.36. The summed E-state index contributed by atoms with van der Waals surface area (Å²) in [5.74, 6) is -0.124. The van der Waals surface area contributed by atoms with E-state index in [-0.39, 0.29) is 47.4 Å². The Morgan fingerprint density at radius 2 is 1.88 bits per heavy atom. The van der Waals surface area contributed by atoms with Crippen LogP contribution in [0.3, 0.4) is 0 Å². The topological polar surface area (TPSA) is 111 Å². The number of carbonyl (C=O) groups excluding carboxylic acids is 2. The van der Waals surface area contributed by atoms with Crippen molar-refractivity contribution in [2.24, 2.45) is 0 Å². The molecule has 0 aliphatic carbocycles. The molecule has 2 aliphatic rings. The molecule has 1 fully saturated rings. The van der Waals surface area contributed by atoms with Gasteiger partial charge in [-0.2, -0.15) is 13.2 Å². The minimum absolute atomic E-state index is 0.0557. The first-order valence-corrected chi connectivity index (χ1v) is 13.7. The molecular formula is C29H28ClF3N4O6. The molecule has 43 heavy (non-hydrogen) atoms. The van der Waals surface area contributed by atoms with Gasteiger partial charge in [-0.25, -0.2) is 4.98 Å². The van der Waals surface area contributed by atoms with E-state index in [1.807, 2.05) is 6.07 Å². The van der Waals surface area contributed by atoms with Crippen LogP contribution in [0.15, 0.2) is 54.7 Å². The van der Waals surface area contributed by atoms with Crippen LogP contribution in [0.4, 0.5) is 13.2 Å². The molecule has 2 N–H and O–H groups in total. The van der Waals surface area contributed by atoms with Crippen LogP contribution in [0, 0.1) is 0 Å². The number of hydrogen-bond donors (Lipinski definition) is 2. The van der Waals surface area contributed by atoms with Crippen molar-refractivity contribution in [2.75, 3.05) is 40.0 Å². The van der Waals surface area contributed by atoms with Gasteiger partial charge in [0, 0.05) is 25.3 Å². The molecular weight excluding hydrogens is 593 g/mol. The number of fused-ring (bicyclic) bond motifs is 1. The van der Waals surface area contributed by atoms with Gasteiger partial charge in [-0.15, -0.1) is 0 Å². The normalized spacial score (nSPS) is 15.4. The molecule has 2 aliphatic heterocycles. The Balaban J connectivity index is 1.29. The number of carbonyl (C=O) groups is 2. The number of halogens is 4. The fourth-order valence-electron chi connectivity index (χ4n) is 4.45. The average molecular weight is 621 g/mol. The van der Waals surface area contributed by atoms with Crippen LogP contribution in [-0.4, -0.2) is 73.7 Å². The van der Waals surface area contributed by atoms with E-state index in [2.05, 4.69) is 15.6 Å². The Bertz CT molecular complexity index is 1480. The van der Waals surface area contributed by atoms with Crippen molar-refractivity contribution in [3.05, 3.63) is 76.4 Å². The van der Waals surface area contributed by atoms with E-state index in [9.17, 15) is 22.8 Å². The summed E-state index contributed by atoms with van der Waals surface area (Å²) < 4.78 is 61.8. The second-order valence-corrected chi connectivity index (χ2v) is 10.3. The third-order valence-corrected chi connectivity index (χ3v) is 7.14. The highest BCUT2D eigenvalue weighted by Gasteiger charge is 2.35. The Kier molecular flexibility index (Phi) is 9.23. The molecule has 14 heteroatoms. The van der Waals surface area contributed by atoms with Gasteiger partial charge >= 0.3 is 6.18 Å². The largest absolute Gasteiger partial charge is 0.486 e. The summed E-state index contributed by atoms with van der Waals surface area (Å²) >= 11 is 6.03. The number of rotatable bonds is 10. The van der Waals surface area contributed by atoms with Gasteiger partial charge in [0.2, 0.25) is 11.8 Å². The number of ether oxygens (including phenoxy) is 4. The predicted octanol–water partition coefficient (Wildman–Crippen LogP) is 4.06. The van der Waals surface area contributed by atoms with E-state index >= 15 is 0 Å². The van der Waals surface area contributed by atoms with Crippen molar-refractivity contribution < 1.29 is 41.7 Å². The summed E-state index contributed by atoms with van der Waals surface area (Å²) in [6.45, 7) is 1.85. The van der Waals surface area contributed by atoms with Crippen LogP contribution in [0.2, 0.25) is 5.02 Å². The summed E-state index contributed by atoms with van der Waals surface area (Å²) in [5.41, 5.74) is -0.218. The van der Waals surface area contributed by atoms with Crippen LogP contribution in [0.25, 0.3) is 0 Å². The molecule has 10 nitrogen and oxygen atoms in total. The van der Waals surface area contributed by atoms with Crippen LogP contribution in [0.5, 0.6) is 23.1 Å². The number of likely N-dealkylation sites (N-methyl/N-ethyl adjacent to an activating group) is 1. The minimum Gasteiger partial charge on any atom is -0.486 e. The van der Waals surface area contributed by atoms with Gasteiger partial charge in [0.15, 0.2) is 11.5 Å². The lowest BCUT2D eigenvalue weighted by Crippen LogP contribution is -2.63. The number of benzene rings is 2. The lowest BCUT2D eigenvalue weighted by molar-refractivity contribution is -0.140. The summed E-state index contributed by atoms with van der Waals surface area (Å²) in [5, 5.41) is 5.48. The number of pyridine rings is 1. The highest BCUT2D eigenvalue weighted by atomic mass is 35.5. The second-order valence-electron chi connectivity index (χ2n) is 9.85. The second kappa shape index (κ2) is 13.1. The Morgan fingerprint density at radius 1 is 1.12 bits per heavy atom. The molecule has 3 heterocycles. The van der Waals surface area contributed by atoms with Crippen molar-refractivity contribution in [2.45, 2.75) is 24.9 Å². The van der Waals surface area contributed by atoms with Crippen LogP contribution in [-0.2, 0) is 22.3 Å². The molecule has 1 unspecified atom stereocenters. The zero-order chi connectivity index (χ0) is 30.6. The van der Waals surface area contributed by atoms with Crippen molar-refractivity contribution in [1.29, 1.82) is 0 Å². The molecule has 1 saturated heterocycles. The molecule has 1 atom stereocenters. The molecule has 2 amide bonds. The number of amides is 2. The number of aromatic nitrogens is 1. The third kappa shape index (κ3) is 7.29. The van der Waals surface area contributed by atoms with Crippen molar-refractivity contribution in [3.63, 3.8) is 0 Å². The maximum absolute atomic E-state index is 13.4. The molecule has 228 valence electrons. The smallest absolute Gasteiger partial charge is 0.416 e. The minimum atomic E-state index is -4.59. The fraction of sp³-hybridized carbons (Fsp3) is 0.345. The molecule has 0 bridgehead atoms. The molecule has 0 spiro atoms. The van der Waals surface area contributed by atoms with Gasteiger partial charge < -0.3 is 34.5 Å². The van der Waals surface area contributed by atoms with Crippen LogP contribution in [0.1, 0.15) is 21.5 Å². The van der Waals surface area contributed by atoms with E-state index in [0.717, 1.165) is 23.8 Å². The summed E-state index contributed by atoms with van der Waals surface area (Å²) in [4.78, 5) is 32.4. The standard InChI is InChI=1S/C29H28ClF3N4O6/c1-34-19-13-37(14-19)28(39)22(16-40-15-17-4-6-24-25(11-17)42-10-9-41-24)36-26(38)20-3-2-8-35-27(20)43-23-7-5-18(12-21(23)30)29(31,32)33/h2-8,11-12,19,22,34H,9-10,13-16H2,1H3,(H,36,38). The first-order valence-electron chi connectivity index (χ1n) is 13.3. The number of nitrogens with zero attached hydrogens (tertiary/aromatic N) is 2. The zero-order valence-electron chi connectivity index (χ0n) is 22.9. The monoisotopic (exact) mass is 620 g/mol. The average Bonchev–Trinajstić information content (AvgIpc) is 2.96. The number of hydrogen-bond acceptors (Lipinski definition) is 8. The van der Waals surface area contributed by atoms with E-state index < -0.39 is 23.7 Å². The van der Waals surface area contributed by atoms with Crippen molar-refractivity contribution in [1.82, 2.24) is 20.5 Å². The van der Waals surface area contributed by atoms with E-state index in [4.69, 9.17) is 30.5 Å². The summed E-state index contributed by atoms with van der Waals surface area (Å²) in [7, 11) is 1.80. The molecule has 2 aromatic carbocycles. The maximum Gasteiger partial charge on any atom is 0.416 e. The molecule has 0 saturated carbocycles. The Hall–Kier alpha value is -4.07. The first-order chi connectivity index (χ1) is 20.6. The number of likely N-dealkylation sites (tertiary alicyclic amines) is 1. The number of alkyl halides is 3. The maximum atomic E-state index is 13.4. The molecule has 5 rings (SSSR count). The van der Waals surface area contributed by atoms with Crippen molar-refractivity contribution in [3.8, 4) is 23.1 Å². The van der Waals surface area contributed by atoms with Gasteiger partial charge in [-0.05, 0) is 55.1 Å². The van der Waals surface area contributed by atoms with E-state index in [1.54, 1.807) is 24.1 Å². The fourth-order valence-corrected chi connectivity index (χ4v) is 4.67. The quantitative estimate of drug-likeness (QED) is 0.349. The van der Waals surface area contributed by atoms with Gasteiger partial charge in [-0.1, -0.05) is 17.7 Å². The van der Waals surface area contributed by atoms with Gasteiger partial charge in [0.05, 0.1) is 23.8 Å². The van der Waals surface area contributed by atoms with Gasteiger partial charge in [0.25, 0.3) is 5.91 Å². The molecule has 3 aromatic rings. The Labute approximate surface area is 250 Å². The highest BCUT2D eigenvalue weighted by molar-refractivity contribution is 6.32. The molecule has 1 aromatic heterocycles. The number of nitrogens with one attached hydrogen (secondary N) is 2. The van der Waals surface area contributed by atoms with Crippen LogP contribution >= 0.6 is 11.6 Å². The molecule has 0 radical (unpaired) electrons. The van der Waals surface area contributed by atoms with E-state index in [0.29, 0.717) is 37.8 Å². The third-order valence-electron chi connectivity index (χ3n) is 6.85. The summed E-state index contributed by atoms with van der Waals surface area (Å²) in [6.07, 6.45) is -3.24. The predicted molar refractivity (Wildman–Crippen MR) is 149 cm³/mol. The zero-order valence-corrected chi connectivity index (χ0v) is 23.7. The summed E-state index contributed by atoms with van der Waals surface area (Å²) in [6, 6.07) is 9.96. The van der Waals surface area contributed by atoms with Gasteiger partial charge in [-0.3, -0.25) is 9.59 Å². The van der Waals surface area contributed by atoms with Crippen molar-refractivity contribution >= 4 is 23.4 Å². The lowest BCUT2D eigenvalue weighted by atomic mass is 10.1. The van der Waals surface area contributed by atoms with Crippen LogP contribution < -0.4 is 24.8 Å². The Morgan fingerprint density at radius 3 is 2.60 bits per heavy atom. The van der Waals surface area contributed by atoms with E-state index in [1.165, 1.54) is 18.3 Å².